The second-order valence-corrected chi connectivity index (χ2v) is 7.14. The molecule has 3 nitrogen and oxygen atoms in total. The fourth-order valence-electron chi connectivity index (χ4n) is 3.72. The van der Waals surface area contributed by atoms with E-state index in [-0.39, 0.29) is 12.0 Å². The van der Waals surface area contributed by atoms with Crippen LogP contribution in [0, 0.1) is 5.82 Å². The first-order valence-corrected chi connectivity index (χ1v) is 9.02. The van der Waals surface area contributed by atoms with Crippen molar-refractivity contribution in [1.29, 1.82) is 0 Å². The second-order valence-electron chi connectivity index (χ2n) is 6.25. The minimum Gasteiger partial charge on any atom is -0.349 e. The van der Waals surface area contributed by atoms with Crippen LogP contribution in [0.25, 0.3) is 10.2 Å². The highest BCUT2D eigenvalue weighted by Gasteiger charge is 2.36. The van der Waals surface area contributed by atoms with E-state index in [0.717, 1.165) is 24.2 Å². The summed E-state index contributed by atoms with van der Waals surface area (Å²) in [5, 5.41) is 0. The number of rotatable bonds is 2. The molecule has 2 aromatic carbocycles. The molecular formula is C19H16FN3S. The molecule has 3 heterocycles. The molecule has 0 saturated carbocycles. The molecule has 2 aliphatic rings. The first-order chi connectivity index (χ1) is 11.8. The van der Waals surface area contributed by atoms with Crippen LogP contribution < -0.4 is 4.90 Å². The Morgan fingerprint density at radius 1 is 1.12 bits per heavy atom. The molecule has 1 fully saturated rings. The van der Waals surface area contributed by atoms with Crippen molar-refractivity contribution in [2.75, 3.05) is 11.4 Å². The molecule has 1 unspecified atom stereocenters. The van der Waals surface area contributed by atoms with E-state index in [9.17, 15) is 4.39 Å². The van der Waals surface area contributed by atoms with Gasteiger partial charge in [0.15, 0.2) is 0 Å². The summed E-state index contributed by atoms with van der Waals surface area (Å²) in [5.41, 5.74) is 6.58. The average Bonchev–Trinajstić information content (AvgIpc) is 3.29. The van der Waals surface area contributed by atoms with Crippen LogP contribution in [0.15, 0.2) is 59.9 Å². The van der Waals surface area contributed by atoms with Crippen molar-refractivity contribution in [3.63, 3.8) is 0 Å². The zero-order valence-corrected chi connectivity index (χ0v) is 13.8. The average molecular weight is 337 g/mol. The predicted octanol–water partition coefficient (Wildman–Crippen LogP) is 4.89. The summed E-state index contributed by atoms with van der Waals surface area (Å²) >= 11 is 1.67. The molecule has 5 heteroatoms. The Morgan fingerprint density at radius 3 is 2.88 bits per heavy atom. The molecule has 2 aliphatic heterocycles. The van der Waals surface area contributed by atoms with Crippen molar-refractivity contribution in [3.8, 4) is 0 Å². The summed E-state index contributed by atoms with van der Waals surface area (Å²) in [5.74, 6) is -0.200. The molecule has 120 valence electrons. The Morgan fingerprint density at radius 2 is 2.00 bits per heavy atom. The number of hydrogen-bond acceptors (Lipinski definition) is 4. The van der Waals surface area contributed by atoms with E-state index in [4.69, 9.17) is 0 Å². The number of fused-ring (bicyclic) bond motifs is 2. The molecule has 0 bridgehead atoms. The number of thiazole rings is 1. The maximum atomic E-state index is 13.3. The Hall–Kier alpha value is -2.40. The van der Waals surface area contributed by atoms with E-state index >= 15 is 0 Å². The van der Waals surface area contributed by atoms with Gasteiger partial charge in [-0.1, -0.05) is 6.07 Å². The van der Waals surface area contributed by atoms with Crippen LogP contribution in [-0.4, -0.2) is 16.4 Å². The topological polar surface area (TPSA) is 19.4 Å². The predicted molar refractivity (Wildman–Crippen MR) is 95.3 cm³/mol. The van der Waals surface area contributed by atoms with Gasteiger partial charge in [0.25, 0.3) is 0 Å². The highest BCUT2D eigenvalue weighted by Crippen LogP contribution is 2.43. The first kappa shape index (κ1) is 14.0. The highest BCUT2D eigenvalue weighted by atomic mass is 32.1. The number of nitrogens with zero attached hydrogens (tertiary/aromatic N) is 3. The fourth-order valence-corrected chi connectivity index (χ4v) is 4.44. The number of anilines is 1. The van der Waals surface area contributed by atoms with Gasteiger partial charge in [-0.05, 0) is 54.8 Å². The van der Waals surface area contributed by atoms with Gasteiger partial charge in [0.1, 0.15) is 12.0 Å². The van der Waals surface area contributed by atoms with Crippen molar-refractivity contribution in [2.45, 2.75) is 19.0 Å². The van der Waals surface area contributed by atoms with Crippen molar-refractivity contribution < 1.29 is 4.39 Å². The van der Waals surface area contributed by atoms with Crippen molar-refractivity contribution in [2.24, 2.45) is 0 Å². The highest BCUT2D eigenvalue weighted by molar-refractivity contribution is 7.16. The summed E-state index contributed by atoms with van der Waals surface area (Å²) in [6, 6.07) is 13.3. The van der Waals surface area contributed by atoms with Gasteiger partial charge in [0, 0.05) is 24.1 Å². The van der Waals surface area contributed by atoms with Crippen molar-refractivity contribution in [1.82, 2.24) is 9.88 Å². The number of benzene rings is 2. The Balaban J connectivity index is 1.61. The summed E-state index contributed by atoms with van der Waals surface area (Å²) < 4.78 is 14.5. The lowest BCUT2D eigenvalue weighted by atomic mass is 10.1. The molecule has 0 radical (unpaired) electrons. The lowest BCUT2D eigenvalue weighted by Crippen LogP contribution is -2.30. The maximum absolute atomic E-state index is 13.3. The van der Waals surface area contributed by atoms with Crippen molar-refractivity contribution >= 4 is 27.2 Å². The summed E-state index contributed by atoms with van der Waals surface area (Å²) in [6.45, 7) is 1.06. The third kappa shape index (κ3) is 2.12. The molecule has 1 aromatic heterocycles. The third-order valence-corrected chi connectivity index (χ3v) is 5.62. The van der Waals surface area contributed by atoms with E-state index in [2.05, 4.69) is 39.2 Å². The molecule has 0 aliphatic carbocycles. The van der Waals surface area contributed by atoms with Crippen LogP contribution in [0.2, 0.25) is 0 Å². The molecule has 1 atom stereocenters. The maximum Gasteiger partial charge on any atom is 0.132 e. The molecule has 24 heavy (non-hydrogen) atoms. The van der Waals surface area contributed by atoms with E-state index < -0.39 is 0 Å². The standard InChI is InChI=1S/C19H16FN3S/c20-14-4-6-15(7-5-14)23-11-16-2-1-9-22(16)19(23)13-3-8-17-18(10-13)24-12-21-17/h3-8,10-12,19H,1-2,9H2. The molecule has 1 saturated heterocycles. The van der Waals surface area contributed by atoms with Crippen LogP contribution in [0.3, 0.4) is 0 Å². The normalized spacial score (nSPS) is 19.9. The smallest absolute Gasteiger partial charge is 0.132 e. The van der Waals surface area contributed by atoms with Gasteiger partial charge >= 0.3 is 0 Å². The molecule has 0 N–H and O–H groups in total. The minimum absolute atomic E-state index is 0.138. The zero-order valence-electron chi connectivity index (χ0n) is 13.0. The first-order valence-electron chi connectivity index (χ1n) is 8.14. The van der Waals surface area contributed by atoms with E-state index in [1.165, 1.54) is 34.5 Å². The van der Waals surface area contributed by atoms with Gasteiger partial charge in [0.2, 0.25) is 0 Å². The van der Waals surface area contributed by atoms with Crippen LogP contribution in [0.4, 0.5) is 10.1 Å². The summed E-state index contributed by atoms with van der Waals surface area (Å²) in [4.78, 5) is 9.10. The van der Waals surface area contributed by atoms with Gasteiger partial charge in [-0.25, -0.2) is 9.37 Å². The number of hydrogen-bond donors (Lipinski definition) is 0. The third-order valence-electron chi connectivity index (χ3n) is 4.83. The van der Waals surface area contributed by atoms with Gasteiger partial charge in [-0.15, -0.1) is 11.3 Å². The quantitative estimate of drug-likeness (QED) is 0.663. The number of allylic oxidation sites excluding steroid dienone is 1. The van der Waals surface area contributed by atoms with E-state index in [1.807, 2.05) is 17.6 Å². The van der Waals surface area contributed by atoms with Gasteiger partial charge in [-0.2, -0.15) is 0 Å². The SMILES string of the molecule is Fc1ccc(N2C=C3CCCN3C2c2ccc3ncsc3c2)cc1. The van der Waals surface area contributed by atoms with Crippen LogP contribution in [0.1, 0.15) is 24.6 Å². The number of aromatic nitrogens is 1. The second kappa shape index (κ2) is 5.31. The molecule has 0 spiro atoms. The lowest BCUT2D eigenvalue weighted by molar-refractivity contribution is 0.319. The molecular weight excluding hydrogens is 321 g/mol. The van der Waals surface area contributed by atoms with Crippen molar-refractivity contribution in [3.05, 3.63) is 71.3 Å². The van der Waals surface area contributed by atoms with Crippen LogP contribution in [0.5, 0.6) is 0 Å². The number of halogens is 1. The Labute approximate surface area is 143 Å². The fraction of sp³-hybridized carbons (Fsp3) is 0.211. The minimum atomic E-state index is -0.200. The Kier molecular flexibility index (Phi) is 3.10. The van der Waals surface area contributed by atoms with Crippen LogP contribution in [-0.2, 0) is 0 Å². The lowest BCUT2D eigenvalue weighted by Gasteiger charge is -2.32. The van der Waals surface area contributed by atoms with Gasteiger partial charge < -0.3 is 9.80 Å². The largest absolute Gasteiger partial charge is 0.349 e. The van der Waals surface area contributed by atoms with E-state index in [1.54, 1.807) is 11.3 Å². The monoisotopic (exact) mass is 337 g/mol. The van der Waals surface area contributed by atoms with E-state index in [0.29, 0.717) is 0 Å². The molecule has 0 amide bonds. The molecule has 5 rings (SSSR count). The Bertz CT molecular complexity index is 931. The molecule has 3 aromatic rings. The van der Waals surface area contributed by atoms with Crippen LogP contribution >= 0.6 is 11.3 Å². The zero-order chi connectivity index (χ0) is 16.1. The van der Waals surface area contributed by atoms with Gasteiger partial charge in [-0.3, -0.25) is 0 Å². The van der Waals surface area contributed by atoms with Gasteiger partial charge in [0.05, 0.1) is 15.7 Å². The summed E-state index contributed by atoms with van der Waals surface area (Å²) in [6.07, 6.45) is 4.67. The summed E-state index contributed by atoms with van der Waals surface area (Å²) in [7, 11) is 0.